The van der Waals surface area contributed by atoms with Gasteiger partial charge in [-0.25, -0.2) is 0 Å². The fourth-order valence-corrected chi connectivity index (χ4v) is 4.19. The Morgan fingerprint density at radius 3 is 2.38 bits per heavy atom. The van der Waals surface area contributed by atoms with Gasteiger partial charge in [-0.2, -0.15) is 0 Å². The van der Waals surface area contributed by atoms with Gasteiger partial charge in [0.2, 0.25) is 11.8 Å². The molecule has 2 heterocycles. The van der Waals surface area contributed by atoms with Gasteiger partial charge in [-0.1, -0.05) is 30.3 Å². The Bertz CT molecular complexity index is 653. The van der Waals surface area contributed by atoms with Crippen LogP contribution in [0.3, 0.4) is 0 Å². The van der Waals surface area contributed by atoms with Crippen LogP contribution in [0.5, 0.6) is 0 Å². The predicted octanol–water partition coefficient (Wildman–Crippen LogP) is 1.98. The minimum absolute atomic E-state index is 0.0657. The highest BCUT2D eigenvalue weighted by atomic mass is 16.4. The minimum atomic E-state index is -1.17. The second kappa shape index (κ2) is 8.34. The normalized spacial score (nSPS) is 22.7. The van der Waals surface area contributed by atoms with Gasteiger partial charge in [-0.3, -0.25) is 14.4 Å². The van der Waals surface area contributed by atoms with Gasteiger partial charge in [0.15, 0.2) is 0 Å². The quantitative estimate of drug-likeness (QED) is 0.730. The van der Waals surface area contributed by atoms with Crippen LogP contribution in [0.15, 0.2) is 30.3 Å². The first-order chi connectivity index (χ1) is 12.5. The first-order valence-electron chi connectivity index (χ1n) is 9.36. The highest BCUT2D eigenvalue weighted by Gasteiger charge is 2.36. The molecular weight excluding hydrogens is 332 g/mol. The molecule has 1 aromatic carbocycles. The molecule has 2 N–H and O–H groups in total. The summed E-state index contributed by atoms with van der Waals surface area (Å²) >= 11 is 0. The molecule has 3 aliphatic rings. The molecule has 2 saturated heterocycles. The summed E-state index contributed by atoms with van der Waals surface area (Å²) < 4.78 is 0. The number of rotatable bonds is 7. The second-order valence-electron chi connectivity index (χ2n) is 7.45. The van der Waals surface area contributed by atoms with Crippen molar-refractivity contribution < 1.29 is 19.5 Å². The van der Waals surface area contributed by atoms with Crippen molar-refractivity contribution in [2.45, 2.75) is 57.0 Å². The van der Waals surface area contributed by atoms with Crippen LogP contribution in [0, 0.1) is 5.92 Å². The number of nitrogens with zero attached hydrogens (tertiary/aromatic N) is 1. The van der Waals surface area contributed by atoms with E-state index in [0.717, 1.165) is 24.9 Å². The highest BCUT2D eigenvalue weighted by molar-refractivity contribution is 5.93. The summed E-state index contributed by atoms with van der Waals surface area (Å²) in [5.74, 6) is -1.04. The zero-order valence-electron chi connectivity index (χ0n) is 14.9. The van der Waals surface area contributed by atoms with E-state index in [2.05, 4.69) is 5.32 Å². The number of hydrogen-bond acceptors (Lipinski definition) is 3. The van der Waals surface area contributed by atoms with Gasteiger partial charge < -0.3 is 15.3 Å². The van der Waals surface area contributed by atoms with E-state index in [-0.39, 0.29) is 12.3 Å². The van der Waals surface area contributed by atoms with Crippen molar-refractivity contribution in [2.24, 2.45) is 5.92 Å². The molecule has 1 atom stereocenters. The third-order valence-electron chi connectivity index (χ3n) is 5.46. The van der Waals surface area contributed by atoms with Crippen LogP contribution in [-0.2, 0) is 20.8 Å². The van der Waals surface area contributed by atoms with Crippen molar-refractivity contribution in [1.29, 1.82) is 0 Å². The van der Waals surface area contributed by atoms with Gasteiger partial charge in [0.05, 0.1) is 0 Å². The van der Waals surface area contributed by atoms with Crippen LogP contribution >= 0.6 is 0 Å². The number of amides is 2. The van der Waals surface area contributed by atoms with Gasteiger partial charge >= 0.3 is 5.97 Å². The predicted molar refractivity (Wildman–Crippen MR) is 96.4 cm³/mol. The molecule has 2 aliphatic heterocycles. The maximum Gasteiger partial charge on any atom is 0.312 e. The van der Waals surface area contributed by atoms with E-state index in [1.54, 1.807) is 0 Å². The second-order valence-corrected chi connectivity index (χ2v) is 7.45. The molecule has 3 fully saturated rings. The Morgan fingerprint density at radius 2 is 1.81 bits per heavy atom. The lowest BCUT2D eigenvalue weighted by Crippen LogP contribution is -2.52. The summed E-state index contributed by atoms with van der Waals surface area (Å²) in [7, 11) is 0. The zero-order valence-corrected chi connectivity index (χ0v) is 14.9. The number of carbonyl (C=O) groups excluding carboxylic acids is 2. The maximum absolute atomic E-state index is 12.9. The summed E-state index contributed by atoms with van der Waals surface area (Å²) in [5.41, 5.74) is 1.01. The number of carboxylic acid groups (broad SMARTS) is 1. The van der Waals surface area contributed by atoms with Crippen molar-refractivity contribution in [3.8, 4) is 0 Å². The third-order valence-corrected chi connectivity index (χ3v) is 5.46. The molecule has 26 heavy (non-hydrogen) atoms. The largest absolute Gasteiger partial charge is 0.481 e. The molecule has 0 unspecified atom stereocenters. The Labute approximate surface area is 153 Å². The van der Waals surface area contributed by atoms with Gasteiger partial charge in [0.1, 0.15) is 6.42 Å². The van der Waals surface area contributed by atoms with Crippen molar-refractivity contribution in [3.05, 3.63) is 35.9 Å². The van der Waals surface area contributed by atoms with Crippen LogP contribution in [-0.4, -0.2) is 46.4 Å². The maximum atomic E-state index is 12.9. The average molecular weight is 358 g/mol. The zero-order chi connectivity index (χ0) is 18.5. The molecule has 0 radical (unpaired) electrons. The van der Waals surface area contributed by atoms with Gasteiger partial charge in [-0.15, -0.1) is 0 Å². The molecule has 140 valence electrons. The summed E-state index contributed by atoms with van der Waals surface area (Å²) in [4.78, 5) is 37.5. The van der Waals surface area contributed by atoms with E-state index in [0.29, 0.717) is 18.4 Å². The standard InChI is InChI=1S/C20H26N2O4/c23-18(12-20(25)26)21-16(10-14-4-2-1-3-5-14)11-19(24)22-13-15-6-8-17(22)9-7-15/h1-5,15-17H,6-13H2,(H,21,23)(H,25,26)/t15?,16-,17?/m0/s1. The summed E-state index contributed by atoms with van der Waals surface area (Å²) in [5, 5.41) is 11.6. The lowest BCUT2D eigenvalue weighted by atomic mass is 9.79. The lowest BCUT2D eigenvalue weighted by molar-refractivity contribution is -0.140. The van der Waals surface area contributed by atoms with Crippen molar-refractivity contribution >= 4 is 17.8 Å². The highest BCUT2D eigenvalue weighted by Crippen LogP contribution is 2.35. The van der Waals surface area contributed by atoms with Crippen LogP contribution < -0.4 is 5.32 Å². The van der Waals surface area contributed by atoms with Crippen molar-refractivity contribution in [1.82, 2.24) is 10.2 Å². The fraction of sp³-hybridized carbons (Fsp3) is 0.550. The smallest absolute Gasteiger partial charge is 0.312 e. The minimum Gasteiger partial charge on any atom is -0.481 e. The first kappa shape index (κ1) is 18.4. The van der Waals surface area contributed by atoms with Crippen molar-refractivity contribution in [2.75, 3.05) is 6.54 Å². The lowest BCUT2D eigenvalue weighted by Gasteiger charge is -2.45. The molecule has 6 nitrogen and oxygen atoms in total. The van der Waals surface area contributed by atoms with Gasteiger partial charge in [0, 0.05) is 25.0 Å². The molecule has 1 aliphatic carbocycles. The van der Waals surface area contributed by atoms with E-state index < -0.39 is 24.3 Å². The van der Waals surface area contributed by atoms with E-state index in [4.69, 9.17) is 5.11 Å². The average Bonchev–Trinajstić information content (AvgIpc) is 2.62. The molecule has 0 aromatic heterocycles. The Balaban J connectivity index is 1.65. The molecule has 1 saturated carbocycles. The number of hydrogen-bond donors (Lipinski definition) is 2. The number of piperidine rings is 2. The van der Waals surface area contributed by atoms with Gasteiger partial charge in [0.25, 0.3) is 0 Å². The third kappa shape index (κ3) is 4.84. The SMILES string of the molecule is O=C(O)CC(=O)N[C@H](CC(=O)N1CC2CCC1CC2)Cc1ccccc1. The number of fused-ring (bicyclic) bond motifs is 3. The molecule has 4 rings (SSSR count). The van der Waals surface area contributed by atoms with Crippen molar-refractivity contribution in [3.63, 3.8) is 0 Å². The van der Waals surface area contributed by atoms with Crippen LogP contribution in [0.1, 0.15) is 44.1 Å². The molecule has 6 heteroatoms. The number of nitrogens with one attached hydrogen (secondary N) is 1. The molecule has 2 amide bonds. The Hall–Kier alpha value is -2.37. The summed E-state index contributed by atoms with van der Waals surface area (Å²) in [6.07, 6.45) is 4.71. The van der Waals surface area contributed by atoms with Crippen LogP contribution in [0.4, 0.5) is 0 Å². The van der Waals surface area contributed by atoms with Crippen LogP contribution in [0.2, 0.25) is 0 Å². The number of carbonyl (C=O) groups is 3. The number of benzene rings is 1. The molecule has 0 spiro atoms. The van der Waals surface area contributed by atoms with E-state index in [1.165, 1.54) is 12.8 Å². The summed E-state index contributed by atoms with van der Waals surface area (Å²) in [6, 6.07) is 9.58. The molecular formula is C20H26N2O4. The summed E-state index contributed by atoms with van der Waals surface area (Å²) in [6.45, 7) is 0.824. The fourth-order valence-electron chi connectivity index (χ4n) is 4.19. The topological polar surface area (TPSA) is 86.7 Å². The molecule has 1 aromatic rings. The first-order valence-corrected chi connectivity index (χ1v) is 9.36. The number of carboxylic acids is 1. The van der Waals surface area contributed by atoms with E-state index >= 15 is 0 Å². The van der Waals surface area contributed by atoms with Gasteiger partial charge in [-0.05, 0) is 43.6 Å². The Kier molecular flexibility index (Phi) is 5.91. The van der Waals surface area contributed by atoms with E-state index in [9.17, 15) is 14.4 Å². The Morgan fingerprint density at radius 1 is 1.12 bits per heavy atom. The van der Waals surface area contributed by atoms with Crippen LogP contribution in [0.25, 0.3) is 0 Å². The van der Waals surface area contributed by atoms with E-state index in [1.807, 2.05) is 35.2 Å². The molecule has 2 bridgehead atoms. The monoisotopic (exact) mass is 358 g/mol. The number of aliphatic carboxylic acids is 1.